The lowest BCUT2D eigenvalue weighted by molar-refractivity contribution is -0.128. The van der Waals surface area contributed by atoms with E-state index in [1.807, 2.05) is 71.2 Å². The zero-order valence-electron chi connectivity index (χ0n) is 19.6. The fourth-order valence-corrected chi connectivity index (χ4v) is 3.89. The van der Waals surface area contributed by atoms with Gasteiger partial charge in [0.2, 0.25) is 5.91 Å². The zero-order chi connectivity index (χ0) is 23.0. The molecule has 3 rings (SSSR count). The number of fused-ring (bicyclic) bond motifs is 1. The second-order valence-electron chi connectivity index (χ2n) is 9.74. The van der Waals surface area contributed by atoms with Gasteiger partial charge in [0.25, 0.3) is 0 Å². The van der Waals surface area contributed by atoms with Gasteiger partial charge in [0.15, 0.2) is 0 Å². The van der Waals surface area contributed by atoms with Crippen LogP contribution in [0.2, 0.25) is 0 Å². The summed E-state index contributed by atoms with van der Waals surface area (Å²) in [4.78, 5) is 32.0. The van der Waals surface area contributed by atoms with E-state index >= 15 is 0 Å². The van der Waals surface area contributed by atoms with Crippen LogP contribution in [0.3, 0.4) is 0 Å². The van der Waals surface area contributed by atoms with Gasteiger partial charge in [-0.1, -0.05) is 6.07 Å². The highest BCUT2D eigenvalue weighted by molar-refractivity contribution is 5.81. The van der Waals surface area contributed by atoms with E-state index in [1.54, 1.807) is 4.90 Å². The van der Waals surface area contributed by atoms with Crippen molar-refractivity contribution in [1.29, 1.82) is 0 Å². The number of carbonyl (C=O) groups is 2. The lowest BCUT2D eigenvalue weighted by Crippen LogP contribution is -2.49. The second kappa shape index (κ2) is 8.49. The Balaban J connectivity index is 1.78. The number of nitrogens with one attached hydrogen (secondary N) is 1. The molecule has 1 atom stereocenters. The third-order valence-electron chi connectivity index (χ3n) is 5.32. The number of aromatic nitrogens is 2. The van der Waals surface area contributed by atoms with E-state index in [9.17, 15) is 9.59 Å². The van der Waals surface area contributed by atoms with Gasteiger partial charge in [0.05, 0.1) is 35.9 Å². The Morgan fingerprint density at radius 1 is 1.23 bits per heavy atom. The molecule has 170 valence electrons. The number of nitrogens with zero attached hydrogens (tertiary/aromatic N) is 3. The number of amides is 2. The Kier molecular flexibility index (Phi) is 6.32. The SMILES string of the molecule is Cc1cccn2c(C(C)(C)NC(=O)C3COCCN(C(=O)OC(C)(C)C)C3)nc(C)c12. The zero-order valence-corrected chi connectivity index (χ0v) is 19.6. The van der Waals surface area contributed by atoms with Crippen molar-refractivity contribution < 1.29 is 19.1 Å². The van der Waals surface area contributed by atoms with Gasteiger partial charge in [-0.25, -0.2) is 9.78 Å². The minimum Gasteiger partial charge on any atom is -0.444 e. The molecule has 1 N–H and O–H groups in total. The summed E-state index contributed by atoms with van der Waals surface area (Å²) in [7, 11) is 0. The minimum atomic E-state index is -0.717. The highest BCUT2D eigenvalue weighted by atomic mass is 16.6. The lowest BCUT2D eigenvalue weighted by atomic mass is 10.0. The van der Waals surface area contributed by atoms with Crippen LogP contribution in [-0.2, 0) is 19.8 Å². The van der Waals surface area contributed by atoms with E-state index in [1.165, 1.54) is 0 Å². The summed E-state index contributed by atoms with van der Waals surface area (Å²) < 4.78 is 13.1. The van der Waals surface area contributed by atoms with Gasteiger partial charge < -0.3 is 24.1 Å². The Bertz CT molecular complexity index is 974. The van der Waals surface area contributed by atoms with Crippen molar-refractivity contribution in [1.82, 2.24) is 19.6 Å². The maximum atomic E-state index is 13.2. The molecule has 0 saturated carbocycles. The number of pyridine rings is 1. The van der Waals surface area contributed by atoms with Crippen LogP contribution in [0.4, 0.5) is 4.79 Å². The standard InChI is InChI=1S/C23H34N4O4/c1-15-9-8-10-27-18(15)16(2)24-20(27)23(6,7)25-19(28)17-13-26(11-12-30-14-17)21(29)31-22(3,4)5/h8-10,17H,11-14H2,1-7H3,(H,25,28). The van der Waals surface area contributed by atoms with E-state index in [-0.39, 0.29) is 19.1 Å². The molecule has 1 aliphatic rings. The van der Waals surface area contributed by atoms with Gasteiger partial charge in [-0.15, -0.1) is 0 Å². The monoisotopic (exact) mass is 430 g/mol. The highest BCUT2D eigenvalue weighted by Gasteiger charge is 2.35. The molecule has 0 bridgehead atoms. The molecule has 8 nitrogen and oxygen atoms in total. The van der Waals surface area contributed by atoms with Crippen LogP contribution in [0.1, 0.15) is 51.7 Å². The molecule has 1 fully saturated rings. The van der Waals surface area contributed by atoms with Crippen LogP contribution in [0.25, 0.3) is 5.52 Å². The predicted octanol–water partition coefficient (Wildman–Crippen LogP) is 3.19. The van der Waals surface area contributed by atoms with Crippen molar-refractivity contribution in [2.75, 3.05) is 26.3 Å². The summed E-state index contributed by atoms with van der Waals surface area (Å²) in [5, 5.41) is 3.12. The molecule has 2 aromatic heterocycles. The van der Waals surface area contributed by atoms with Gasteiger partial charge >= 0.3 is 6.09 Å². The van der Waals surface area contributed by atoms with Gasteiger partial charge in [0, 0.05) is 19.3 Å². The van der Waals surface area contributed by atoms with Crippen molar-refractivity contribution in [3.8, 4) is 0 Å². The van der Waals surface area contributed by atoms with Crippen molar-refractivity contribution in [3.63, 3.8) is 0 Å². The van der Waals surface area contributed by atoms with E-state index < -0.39 is 23.2 Å². The molecule has 1 saturated heterocycles. The first-order valence-corrected chi connectivity index (χ1v) is 10.7. The minimum absolute atomic E-state index is 0.178. The average molecular weight is 431 g/mol. The first-order chi connectivity index (χ1) is 14.4. The van der Waals surface area contributed by atoms with Crippen LogP contribution in [0, 0.1) is 19.8 Å². The first-order valence-electron chi connectivity index (χ1n) is 10.7. The van der Waals surface area contributed by atoms with Crippen molar-refractivity contribution in [2.45, 2.75) is 59.6 Å². The summed E-state index contributed by atoms with van der Waals surface area (Å²) >= 11 is 0. The smallest absolute Gasteiger partial charge is 0.410 e. The molecule has 0 radical (unpaired) electrons. The molecule has 2 aromatic rings. The van der Waals surface area contributed by atoms with Crippen LogP contribution in [-0.4, -0.2) is 58.2 Å². The summed E-state index contributed by atoms with van der Waals surface area (Å²) in [6.45, 7) is 14.6. The molecule has 0 aliphatic carbocycles. The third-order valence-corrected chi connectivity index (χ3v) is 5.32. The maximum Gasteiger partial charge on any atom is 0.410 e. The van der Waals surface area contributed by atoms with Gasteiger partial charge in [-0.05, 0) is 60.1 Å². The number of ether oxygens (including phenoxy) is 2. The van der Waals surface area contributed by atoms with E-state index in [2.05, 4.69) is 5.32 Å². The molecule has 0 aromatic carbocycles. The van der Waals surface area contributed by atoms with E-state index in [0.717, 1.165) is 22.6 Å². The van der Waals surface area contributed by atoms with E-state index in [0.29, 0.717) is 13.2 Å². The summed E-state index contributed by atoms with van der Waals surface area (Å²) in [6.07, 6.45) is 1.53. The Labute approximate surface area is 183 Å². The predicted molar refractivity (Wildman–Crippen MR) is 118 cm³/mol. The van der Waals surface area contributed by atoms with Crippen LogP contribution in [0.5, 0.6) is 0 Å². The third kappa shape index (κ3) is 5.18. The molecule has 2 amide bonds. The number of carbonyl (C=O) groups excluding carboxylic acids is 2. The Hall–Kier alpha value is -2.61. The number of hydrogen-bond donors (Lipinski definition) is 1. The molecule has 1 aliphatic heterocycles. The fourth-order valence-electron chi connectivity index (χ4n) is 3.89. The highest BCUT2D eigenvalue weighted by Crippen LogP contribution is 2.25. The fraction of sp³-hybridized carbons (Fsp3) is 0.609. The number of rotatable bonds is 3. The van der Waals surface area contributed by atoms with Crippen LogP contribution in [0.15, 0.2) is 18.3 Å². The molecular weight excluding hydrogens is 396 g/mol. The Morgan fingerprint density at radius 3 is 2.61 bits per heavy atom. The van der Waals surface area contributed by atoms with Crippen molar-refractivity contribution in [3.05, 3.63) is 35.4 Å². The summed E-state index contributed by atoms with van der Waals surface area (Å²) in [5.41, 5.74) is 1.79. The maximum absolute atomic E-state index is 13.2. The van der Waals surface area contributed by atoms with Crippen molar-refractivity contribution >= 4 is 17.5 Å². The largest absolute Gasteiger partial charge is 0.444 e. The van der Waals surface area contributed by atoms with Crippen LogP contribution >= 0.6 is 0 Å². The van der Waals surface area contributed by atoms with Crippen molar-refractivity contribution in [2.24, 2.45) is 5.92 Å². The average Bonchev–Trinajstić information content (AvgIpc) is 2.84. The molecular formula is C23H34N4O4. The molecule has 0 spiro atoms. The molecule has 31 heavy (non-hydrogen) atoms. The molecule has 3 heterocycles. The van der Waals surface area contributed by atoms with E-state index in [4.69, 9.17) is 14.5 Å². The normalized spacial score (nSPS) is 18.0. The lowest BCUT2D eigenvalue weighted by Gasteiger charge is -2.30. The quantitative estimate of drug-likeness (QED) is 0.808. The van der Waals surface area contributed by atoms with Gasteiger partial charge in [-0.3, -0.25) is 4.79 Å². The molecule has 1 unspecified atom stereocenters. The summed E-state index contributed by atoms with van der Waals surface area (Å²) in [5.74, 6) is 0.0847. The summed E-state index contributed by atoms with van der Waals surface area (Å²) in [6, 6.07) is 4.02. The van der Waals surface area contributed by atoms with Gasteiger partial charge in [0.1, 0.15) is 11.4 Å². The first kappa shape index (κ1) is 23.1. The number of imidazole rings is 1. The van der Waals surface area contributed by atoms with Gasteiger partial charge in [-0.2, -0.15) is 0 Å². The van der Waals surface area contributed by atoms with Crippen LogP contribution < -0.4 is 5.32 Å². The number of hydrogen-bond acceptors (Lipinski definition) is 5. The molecule has 8 heteroatoms. The Morgan fingerprint density at radius 2 is 1.94 bits per heavy atom. The topological polar surface area (TPSA) is 85.2 Å². The number of aryl methyl sites for hydroxylation is 2. The second-order valence-corrected chi connectivity index (χ2v) is 9.74.